The fraction of sp³-hybridized carbons (Fsp3) is 0.368. The van der Waals surface area contributed by atoms with Gasteiger partial charge in [-0.3, -0.25) is 4.79 Å². The van der Waals surface area contributed by atoms with Crippen LogP contribution in [0.2, 0.25) is 0 Å². The number of hydrogen-bond donors (Lipinski definition) is 1. The van der Waals surface area contributed by atoms with Gasteiger partial charge in [0, 0.05) is 12.1 Å². The molecule has 2 aliphatic rings. The molecule has 30 heavy (non-hydrogen) atoms. The van der Waals surface area contributed by atoms with Crippen LogP contribution in [0.1, 0.15) is 17.9 Å². The number of carbonyl (C=O) groups is 1. The SMILES string of the molecule is NC(=O)C1CC1c1ccc2c(c1)OCCn1cc(-c3ncn(CC(F)(F)F)n3)nc1-2. The van der Waals surface area contributed by atoms with E-state index in [1.165, 1.54) is 0 Å². The van der Waals surface area contributed by atoms with Crippen molar-refractivity contribution in [2.45, 2.75) is 31.6 Å². The first-order chi connectivity index (χ1) is 14.3. The molecule has 3 heterocycles. The number of carbonyl (C=O) groups excluding carboxylic acids is 1. The first-order valence-electron chi connectivity index (χ1n) is 9.39. The molecule has 1 aliphatic heterocycles. The summed E-state index contributed by atoms with van der Waals surface area (Å²) in [6, 6.07) is 5.71. The maximum Gasteiger partial charge on any atom is 0.408 e. The molecule has 2 aromatic heterocycles. The van der Waals surface area contributed by atoms with Gasteiger partial charge in [0.1, 0.15) is 36.7 Å². The molecule has 0 bridgehead atoms. The van der Waals surface area contributed by atoms with E-state index in [9.17, 15) is 18.0 Å². The van der Waals surface area contributed by atoms with Crippen LogP contribution < -0.4 is 10.5 Å². The Morgan fingerprint density at radius 2 is 2.17 bits per heavy atom. The Morgan fingerprint density at radius 1 is 1.33 bits per heavy atom. The van der Waals surface area contributed by atoms with Crippen molar-refractivity contribution >= 4 is 5.91 Å². The number of primary amides is 1. The molecule has 5 rings (SSSR count). The molecule has 1 fully saturated rings. The van der Waals surface area contributed by atoms with Crippen molar-refractivity contribution in [3.05, 3.63) is 36.3 Å². The van der Waals surface area contributed by atoms with Crippen LogP contribution in [0.15, 0.2) is 30.7 Å². The molecule has 1 saturated carbocycles. The standard InChI is InChI=1S/C19H17F3N6O2/c20-19(21,22)8-28-9-24-17(26-28)14-7-27-3-4-30-15-5-10(12-6-13(12)16(23)29)1-2-11(15)18(27)25-14/h1-2,5,7,9,12-13H,3-4,6,8H2,(H2,23,29). The van der Waals surface area contributed by atoms with E-state index in [1.54, 1.807) is 6.20 Å². The zero-order chi connectivity index (χ0) is 21.0. The molecule has 0 spiro atoms. The quantitative estimate of drug-likeness (QED) is 0.701. The smallest absolute Gasteiger partial charge is 0.408 e. The van der Waals surface area contributed by atoms with Crippen LogP contribution in [-0.4, -0.2) is 43.0 Å². The lowest BCUT2D eigenvalue weighted by molar-refractivity contribution is -0.142. The van der Waals surface area contributed by atoms with Gasteiger partial charge in [-0.05, 0) is 30.0 Å². The molecule has 0 saturated heterocycles. The lowest BCUT2D eigenvalue weighted by Crippen LogP contribution is -2.17. The minimum Gasteiger partial charge on any atom is -0.491 e. The second kappa shape index (κ2) is 6.57. The number of nitrogens with zero attached hydrogens (tertiary/aromatic N) is 5. The van der Waals surface area contributed by atoms with Crippen molar-refractivity contribution in [2.75, 3.05) is 6.61 Å². The van der Waals surface area contributed by atoms with Gasteiger partial charge in [0.05, 0.1) is 12.1 Å². The number of ether oxygens (including phenoxy) is 1. The summed E-state index contributed by atoms with van der Waals surface area (Å²) in [4.78, 5) is 19.9. The van der Waals surface area contributed by atoms with Gasteiger partial charge in [-0.25, -0.2) is 14.6 Å². The number of amides is 1. The molecule has 2 N–H and O–H groups in total. The fourth-order valence-corrected chi connectivity index (χ4v) is 3.79. The zero-order valence-corrected chi connectivity index (χ0v) is 15.6. The van der Waals surface area contributed by atoms with Crippen LogP contribution in [0, 0.1) is 5.92 Å². The van der Waals surface area contributed by atoms with E-state index in [0.717, 1.165) is 28.6 Å². The van der Waals surface area contributed by atoms with Crippen molar-refractivity contribution in [2.24, 2.45) is 11.7 Å². The van der Waals surface area contributed by atoms with Crippen molar-refractivity contribution < 1.29 is 22.7 Å². The van der Waals surface area contributed by atoms with Gasteiger partial charge in [-0.15, -0.1) is 5.10 Å². The third kappa shape index (κ3) is 3.40. The van der Waals surface area contributed by atoms with E-state index in [0.29, 0.717) is 30.4 Å². The van der Waals surface area contributed by atoms with Gasteiger partial charge in [-0.1, -0.05) is 6.07 Å². The average Bonchev–Trinajstić information content (AvgIpc) is 3.24. The molecule has 1 aromatic carbocycles. The Morgan fingerprint density at radius 3 is 2.90 bits per heavy atom. The summed E-state index contributed by atoms with van der Waals surface area (Å²) < 4.78 is 46.2. The van der Waals surface area contributed by atoms with Gasteiger partial charge in [0.2, 0.25) is 11.7 Å². The third-order valence-corrected chi connectivity index (χ3v) is 5.30. The molecule has 3 aromatic rings. The van der Waals surface area contributed by atoms with Crippen LogP contribution in [0.3, 0.4) is 0 Å². The molecular weight excluding hydrogens is 401 g/mol. The van der Waals surface area contributed by atoms with Crippen molar-refractivity contribution in [3.63, 3.8) is 0 Å². The number of halogens is 3. The number of hydrogen-bond acceptors (Lipinski definition) is 5. The predicted molar refractivity (Wildman–Crippen MR) is 98.3 cm³/mol. The van der Waals surface area contributed by atoms with E-state index in [4.69, 9.17) is 10.5 Å². The van der Waals surface area contributed by atoms with Crippen molar-refractivity contribution in [3.8, 4) is 28.7 Å². The summed E-state index contributed by atoms with van der Waals surface area (Å²) >= 11 is 0. The maximum atomic E-state index is 12.6. The van der Waals surface area contributed by atoms with Crippen LogP contribution in [-0.2, 0) is 17.9 Å². The first-order valence-corrected chi connectivity index (χ1v) is 9.39. The zero-order valence-electron chi connectivity index (χ0n) is 15.6. The van der Waals surface area contributed by atoms with Gasteiger partial charge >= 0.3 is 6.18 Å². The summed E-state index contributed by atoms with van der Waals surface area (Å²) in [5.74, 6) is 1.07. The Balaban J connectivity index is 1.46. The number of imidazole rings is 1. The summed E-state index contributed by atoms with van der Waals surface area (Å²) in [7, 11) is 0. The molecule has 2 atom stereocenters. The topological polar surface area (TPSA) is 101 Å². The molecule has 11 heteroatoms. The number of benzene rings is 1. The lowest BCUT2D eigenvalue weighted by Gasteiger charge is -2.09. The summed E-state index contributed by atoms with van der Waals surface area (Å²) in [6.45, 7) is -0.289. The Hall–Kier alpha value is -3.37. The van der Waals surface area contributed by atoms with Crippen molar-refractivity contribution in [1.82, 2.24) is 24.3 Å². The molecule has 2 unspecified atom stereocenters. The second-order valence-corrected chi connectivity index (χ2v) is 7.48. The van der Waals surface area contributed by atoms with Crippen LogP contribution in [0.25, 0.3) is 22.9 Å². The average molecular weight is 418 g/mol. The summed E-state index contributed by atoms with van der Waals surface area (Å²) in [5.41, 5.74) is 7.52. The number of fused-ring (bicyclic) bond motifs is 3. The van der Waals surface area contributed by atoms with Gasteiger partial charge < -0.3 is 15.0 Å². The molecule has 0 radical (unpaired) electrons. The number of rotatable bonds is 4. The highest BCUT2D eigenvalue weighted by Gasteiger charge is 2.43. The minimum absolute atomic E-state index is 0.108. The Labute approximate surface area is 168 Å². The first kappa shape index (κ1) is 18.6. The third-order valence-electron chi connectivity index (χ3n) is 5.30. The van der Waals surface area contributed by atoms with Crippen LogP contribution in [0.5, 0.6) is 5.75 Å². The molecule has 8 nitrogen and oxygen atoms in total. The summed E-state index contributed by atoms with van der Waals surface area (Å²) in [5, 5.41) is 3.89. The van der Waals surface area contributed by atoms with Crippen molar-refractivity contribution in [1.29, 1.82) is 0 Å². The highest BCUT2D eigenvalue weighted by molar-refractivity contribution is 5.81. The highest BCUT2D eigenvalue weighted by atomic mass is 19.4. The van der Waals surface area contributed by atoms with Gasteiger partial charge in [0.25, 0.3) is 0 Å². The molecule has 156 valence electrons. The van der Waals surface area contributed by atoms with Gasteiger partial charge in [-0.2, -0.15) is 13.2 Å². The molecule has 1 aliphatic carbocycles. The van der Waals surface area contributed by atoms with E-state index >= 15 is 0 Å². The number of aromatic nitrogens is 5. The number of alkyl halides is 3. The van der Waals surface area contributed by atoms with E-state index < -0.39 is 12.7 Å². The second-order valence-electron chi connectivity index (χ2n) is 7.48. The molecular formula is C19H17F3N6O2. The normalized spacial score (nSPS) is 20.1. The number of nitrogens with two attached hydrogens (primary N) is 1. The Bertz CT molecular complexity index is 1140. The van der Waals surface area contributed by atoms with E-state index in [2.05, 4.69) is 15.1 Å². The largest absolute Gasteiger partial charge is 0.491 e. The molecule has 1 amide bonds. The fourth-order valence-electron chi connectivity index (χ4n) is 3.79. The van der Waals surface area contributed by atoms with Crippen LogP contribution in [0.4, 0.5) is 13.2 Å². The van der Waals surface area contributed by atoms with E-state index in [-0.39, 0.29) is 23.6 Å². The predicted octanol–water partition coefficient (Wildman–Crippen LogP) is 2.35. The highest BCUT2D eigenvalue weighted by Crippen LogP contribution is 2.49. The lowest BCUT2D eigenvalue weighted by atomic mass is 10.0. The minimum atomic E-state index is -4.38. The van der Waals surface area contributed by atoms with Gasteiger partial charge in [0.15, 0.2) is 0 Å². The Kier molecular flexibility index (Phi) is 4.09. The monoisotopic (exact) mass is 418 g/mol. The van der Waals surface area contributed by atoms with Crippen LogP contribution >= 0.6 is 0 Å². The maximum absolute atomic E-state index is 12.6. The van der Waals surface area contributed by atoms with E-state index in [1.807, 2.05) is 22.8 Å². The summed E-state index contributed by atoms with van der Waals surface area (Å²) in [6.07, 6.45) is -0.890.